The third-order valence-corrected chi connectivity index (χ3v) is 2.71. The lowest BCUT2D eigenvalue weighted by atomic mass is 9.82. The third-order valence-electron chi connectivity index (χ3n) is 2.71. The molecule has 1 nitrogen and oxygen atoms in total. The van der Waals surface area contributed by atoms with Gasteiger partial charge < -0.3 is 0 Å². The van der Waals surface area contributed by atoms with Crippen LogP contribution in [0.2, 0.25) is 0 Å². The van der Waals surface area contributed by atoms with Crippen LogP contribution in [0.25, 0.3) is 0 Å². The fraction of sp³-hybridized carbons (Fsp3) is 0.500. The van der Waals surface area contributed by atoms with Gasteiger partial charge in [-0.3, -0.25) is 4.99 Å². The zero-order valence-electron chi connectivity index (χ0n) is 7.73. The van der Waals surface area contributed by atoms with E-state index in [0.717, 1.165) is 5.70 Å². The lowest BCUT2D eigenvalue weighted by molar-refractivity contribution is 0.635. The molecule has 0 aromatic heterocycles. The van der Waals surface area contributed by atoms with E-state index in [4.69, 9.17) is 0 Å². The Morgan fingerprint density at radius 3 is 2.09 bits per heavy atom. The van der Waals surface area contributed by atoms with Crippen molar-refractivity contribution in [1.29, 1.82) is 0 Å². The molecule has 0 saturated heterocycles. The molecule has 0 aromatic carbocycles. The van der Waals surface area contributed by atoms with Crippen molar-refractivity contribution in [2.45, 2.75) is 27.7 Å². The van der Waals surface area contributed by atoms with Gasteiger partial charge in [0.2, 0.25) is 0 Å². The van der Waals surface area contributed by atoms with Gasteiger partial charge in [0.15, 0.2) is 0 Å². The maximum absolute atomic E-state index is 4.42. The Bertz CT molecular complexity index is 254. The summed E-state index contributed by atoms with van der Waals surface area (Å²) in [5.74, 6) is 0. The molecule has 0 aliphatic carbocycles. The van der Waals surface area contributed by atoms with E-state index in [0.29, 0.717) is 0 Å². The molecule has 60 valence electrons. The summed E-state index contributed by atoms with van der Waals surface area (Å²) >= 11 is 0. The predicted molar refractivity (Wildman–Crippen MR) is 49.8 cm³/mol. The molecule has 1 aliphatic heterocycles. The lowest BCUT2D eigenvalue weighted by Crippen LogP contribution is -2.18. The molecule has 0 N–H and O–H groups in total. The second-order valence-electron chi connectivity index (χ2n) is 3.54. The predicted octanol–water partition coefficient (Wildman–Crippen LogP) is 2.95. The largest absolute Gasteiger partial charge is 0.257 e. The fourth-order valence-electron chi connectivity index (χ4n) is 1.19. The molecule has 0 saturated carbocycles. The van der Waals surface area contributed by atoms with Crippen LogP contribution >= 0.6 is 0 Å². The Labute approximate surface area is 68.5 Å². The standard InChI is InChI=1S/C10H15N/c1-6-9-7(2)10(4,5)8(3)11-9/h6H,1H2,2-5H3. The topological polar surface area (TPSA) is 12.4 Å². The zero-order valence-corrected chi connectivity index (χ0v) is 7.73. The summed E-state index contributed by atoms with van der Waals surface area (Å²) in [5, 5.41) is 0. The van der Waals surface area contributed by atoms with Crippen LogP contribution in [0.15, 0.2) is 28.9 Å². The van der Waals surface area contributed by atoms with Crippen LogP contribution < -0.4 is 0 Å². The van der Waals surface area contributed by atoms with Crippen LogP contribution in [0, 0.1) is 5.41 Å². The minimum absolute atomic E-state index is 0.142. The van der Waals surface area contributed by atoms with Gasteiger partial charge in [0, 0.05) is 11.1 Å². The number of allylic oxidation sites excluding steroid dienone is 2. The molecule has 1 heteroatoms. The van der Waals surface area contributed by atoms with Gasteiger partial charge in [0.1, 0.15) is 0 Å². The van der Waals surface area contributed by atoms with E-state index >= 15 is 0 Å². The molecular formula is C10H15N. The van der Waals surface area contributed by atoms with Crippen molar-refractivity contribution in [3.63, 3.8) is 0 Å². The molecule has 0 amide bonds. The average Bonchev–Trinajstić information content (AvgIpc) is 2.14. The van der Waals surface area contributed by atoms with E-state index in [-0.39, 0.29) is 5.41 Å². The van der Waals surface area contributed by atoms with Crippen LogP contribution in [0.4, 0.5) is 0 Å². The molecule has 0 unspecified atom stereocenters. The molecule has 0 atom stereocenters. The van der Waals surface area contributed by atoms with Gasteiger partial charge in [-0.1, -0.05) is 20.4 Å². The Morgan fingerprint density at radius 2 is 1.91 bits per heavy atom. The van der Waals surface area contributed by atoms with E-state index in [9.17, 15) is 0 Å². The van der Waals surface area contributed by atoms with Crippen LogP contribution in [0.3, 0.4) is 0 Å². The lowest BCUT2D eigenvalue weighted by Gasteiger charge is -2.20. The second-order valence-corrected chi connectivity index (χ2v) is 3.54. The summed E-state index contributed by atoms with van der Waals surface area (Å²) in [6.07, 6.45) is 1.83. The first-order valence-corrected chi connectivity index (χ1v) is 3.89. The molecule has 1 aliphatic rings. The molecule has 0 fully saturated rings. The molecule has 0 spiro atoms. The summed E-state index contributed by atoms with van der Waals surface area (Å²) in [4.78, 5) is 4.42. The maximum Gasteiger partial charge on any atom is 0.0621 e. The number of hydrogen-bond donors (Lipinski definition) is 0. The van der Waals surface area contributed by atoms with Crippen LogP contribution in [-0.4, -0.2) is 5.71 Å². The van der Waals surface area contributed by atoms with Crippen molar-refractivity contribution in [2.24, 2.45) is 10.4 Å². The minimum atomic E-state index is 0.142. The highest BCUT2D eigenvalue weighted by molar-refractivity contribution is 5.93. The Hall–Kier alpha value is -0.850. The smallest absolute Gasteiger partial charge is 0.0621 e. The van der Waals surface area contributed by atoms with Crippen LogP contribution in [-0.2, 0) is 0 Å². The monoisotopic (exact) mass is 149 g/mol. The highest BCUT2D eigenvalue weighted by atomic mass is 14.8. The Morgan fingerprint density at radius 1 is 1.36 bits per heavy atom. The molecule has 1 heterocycles. The molecule has 0 radical (unpaired) electrons. The van der Waals surface area contributed by atoms with E-state index in [1.54, 1.807) is 0 Å². The molecule has 11 heavy (non-hydrogen) atoms. The van der Waals surface area contributed by atoms with Crippen molar-refractivity contribution in [1.82, 2.24) is 0 Å². The van der Waals surface area contributed by atoms with Crippen LogP contribution in [0.5, 0.6) is 0 Å². The summed E-state index contributed by atoms with van der Waals surface area (Å²) < 4.78 is 0. The van der Waals surface area contributed by atoms with Crippen molar-refractivity contribution < 1.29 is 0 Å². The Kier molecular flexibility index (Phi) is 1.75. The molecule has 0 bridgehead atoms. The van der Waals surface area contributed by atoms with E-state index in [1.807, 2.05) is 6.08 Å². The first-order chi connectivity index (χ1) is 5.00. The van der Waals surface area contributed by atoms with Crippen LogP contribution in [0.1, 0.15) is 27.7 Å². The third kappa shape index (κ3) is 1.05. The number of aliphatic imine (C=N–C) groups is 1. The quantitative estimate of drug-likeness (QED) is 0.543. The van der Waals surface area contributed by atoms with Gasteiger partial charge in [-0.05, 0) is 25.5 Å². The molecule has 0 aromatic rings. The first-order valence-electron chi connectivity index (χ1n) is 3.89. The normalized spacial score (nSPS) is 22.0. The van der Waals surface area contributed by atoms with Gasteiger partial charge in [0.05, 0.1) is 5.70 Å². The van der Waals surface area contributed by atoms with Crippen molar-refractivity contribution in [2.75, 3.05) is 0 Å². The number of rotatable bonds is 1. The van der Waals surface area contributed by atoms with E-state index in [2.05, 4.69) is 39.3 Å². The van der Waals surface area contributed by atoms with E-state index < -0.39 is 0 Å². The number of hydrogen-bond acceptors (Lipinski definition) is 1. The maximum atomic E-state index is 4.42. The van der Waals surface area contributed by atoms with Crippen molar-refractivity contribution >= 4 is 5.71 Å². The van der Waals surface area contributed by atoms with Gasteiger partial charge >= 0.3 is 0 Å². The summed E-state index contributed by atoms with van der Waals surface area (Å²) in [6.45, 7) is 12.3. The van der Waals surface area contributed by atoms with Crippen molar-refractivity contribution in [3.8, 4) is 0 Å². The van der Waals surface area contributed by atoms with Gasteiger partial charge in [-0.15, -0.1) is 0 Å². The summed E-state index contributed by atoms with van der Waals surface area (Å²) in [6, 6.07) is 0. The average molecular weight is 149 g/mol. The van der Waals surface area contributed by atoms with Crippen molar-refractivity contribution in [3.05, 3.63) is 23.9 Å². The Balaban J connectivity index is 3.17. The van der Waals surface area contributed by atoms with E-state index in [1.165, 1.54) is 11.3 Å². The highest BCUT2D eigenvalue weighted by Gasteiger charge is 2.30. The molecule has 1 rings (SSSR count). The summed E-state index contributed by atoms with van der Waals surface area (Å²) in [7, 11) is 0. The molecular weight excluding hydrogens is 134 g/mol. The van der Waals surface area contributed by atoms with Gasteiger partial charge in [0.25, 0.3) is 0 Å². The van der Waals surface area contributed by atoms with Gasteiger partial charge in [-0.25, -0.2) is 0 Å². The fourth-order valence-corrected chi connectivity index (χ4v) is 1.19. The minimum Gasteiger partial charge on any atom is -0.257 e. The number of nitrogens with zero attached hydrogens (tertiary/aromatic N) is 1. The SMILES string of the molecule is C=CC1=C(C)C(C)(C)C(C)=N1. The summed E-state index contributed by atoms with van der Waals surface area (Å²) in [5.41, 5.74) is 3.70. The highest BCUT2D eigenvalue weighted by Crippen LogP contribution is 2.36. The first kappa shape index (κ1) is 8.25. The van der Waals surface area contributed by atoms with Gasteiger partial charge in [-0.2, -0.15) is 0 Å². The second kappa shape index (κ2) is 2.33. The zero-order chi connectivity index (χ0) is 8.65.